The highest BCUT2D eigenvalue weighted by Crippen LogP contribution is 2.39. The second-order valence-electron chi connectivity index (χ2n) is 9.68. The van der Waals surface area contributed by atoms with Crippen molar-refractivity contribution in [2.75, 3.05) is 17.2 Å². The molecule has 0 aliphatic rings. The molecule has 2 amide bonds. The number of hydrogen-bond donors (Lipinski definition) is 3. The lowest BCUT2D eigenvalue weighted by atomic mass is 9.85. The van der Waals surface area contributed by atoms with Gasteiger partial charge in [-0.25, -0.2) is 4.79 Å². The highest BCUT2D eigenvalue weighted by atomic mass is 16.5. The van der Waals surface area contributed by atoms with E-state index in [4.69, 9.17) is 4.74 Å². The Kier molecular flexibility index (Phi) is 7.59. The number of amides is 2. The zero-order valence-electron chi connectivity index (χ0n) is 20.1. The summed E-state index contributed by atoms with van der Waals surface area (Å²) in [5.41, 5.74) is -3.55. The monoisotopic (exact) mass is 456 g/mol. The second-order valence-corrected chi connectivity index (χ2v) is 9.68. The molecule has 0 bridgehead atoms. The van der Waals surface area contributed by atoms with Crippen LogP contribution in [0.3, 0.4) is 0 Å². The van der Waals surface area contributed by atoms with Crippen molar-refractivity contribution >= 4 is 29.2 Å². The van der Waals surface area contributed by atoms with Gasteiger partial charge in [-0.15, -0.1) is 0 Å². The second kappa shape index (κ2) is 9.66. The van der Waals surface area contributed by atoms with Crippen LogP contribution in [0.25, 0.3) is 0 Å². The van der Waals surface area contributed by atoms with Gasteiger partial charge < -0.3 is 20.5 Å². The summed E-state index contributed by atoms with van der Waals surface area (Å²) in [6, 6.07) is 2.96. The Morgan fingerprint density at radius 1 is 0.848 bits per heavy atom. The molecule has 0 aliphatic carbocycles. The Labute approximate surface area is 194 Å². The molecular weight excluding hydrogens is 424 g/mol. The lowest BCUT2D eigenvalue weighted by molar-refractivity contribution is -0.161. The number of pyridine rings is 2. The zero-order chi connectivity index (χ0) is 25.0. The summed E-state index contributed by atoms with van der Waals surface area (Å²) in [5, 5.41) is 17.4. The van der Waals surface area contributed by atoms with Gasteiger partial charge in [0, 0.05) is 46.7 Å². The number of nitrogens with zero attached hydrogens (tertiary/aromatic N) is 2. The van der Waals surface area contributed by atoms with E-state index in [-0.39, 0.29) is 40.9 Å². The number of aromatic nitrogens is 2. The van der Waals surface area contributed by atoms with E-state index in [2.05, 4.69) is 20.6 Å². The Morgan fingerprint density at radius 3 is 1.58 bits per heavy atom. The average Bonchev–Trinajstić information content (AvgIpc) is 2.72. The molecule has 2 heterocycles. The van der Waals surface area contributed by atoms with Crippen molar-refractivity contribution in [1.82, 2.24) is 9.97 Å². The van der Waals surface area contributed by atoms with Gasteiger partial charge in [-0.2, -0.15) is 0 Å². The summed E-state index contributed by atoms with van der Waals surface area (Å²) in [7, 11) is 0. The normalized spacial score (nSPS) is 12.1. The summed E-state index contributed by atoms with van der Waals surface area (Å²) in [6.07, 6.45) is 5.41. The van der Waals surface area contributed by atoms with Crippen LogP contribution in [0.1, 0.15) is 59.6 Å². The summed E-state index contributed by atoms with van der Waals surface area (Å²) >= 11 is 0. The molecule has 3 N–H and O–H groups in total. The lowest BCUT2D eigenvalue weighted by Gasteiger charge is -2.31. The Bertz CT molecular complexity index is 966. The molecule has 9 heteroatoms. The molecule has 0 fully saturated rings. The van der Waals surface area contributed by atoms with E-state index in [0.717, 1.165) is 0 Å². The van der Waals surface area contributed by atoms with Crippen LogP contribution >= 0.6 is 0 Å². The third-order valence-corrected chi connectivity index (χ3v) is 4.85. The van der Waals surface area contributed by atoms with Crippen molar-refractivity contribution in [1.29, 1.82) is 0 Å². The van der Waals surface area contributed by atoms with E-state index in [1.54, 1.807) is 48.5 Å². The van der Waals surface area contributed by atoms with E-state index >= 15 is 0 Å². The first-order valence-corrected chi connectivity index (χ1v) is 10.6. The number of carbonyl (C=O) groups excluding carboxylic acids is 3. The maximum atomic E-state index is 13.2. The van der Waals surface area contributed by atoms with Gasteiger partial charge in [0.1, 0.15) is 0 Å². The van der Waals surface area contributed by atoms with Crippen LogP contribution in [0, 0.1) is 10.8 Å². The summed E-state index contributed by atoms with van der Waals surface area (Å²) in [4.78, 5) is 46.6. The number of nitrogens with one attached hydrogen (secondary N) is 2. The molecule has 0 aliphatic heterocycles. The largest absolute Gasteiger partial charge is 0.463 e. The van der Waals surface area contributed by atoms with Gasteiger partial charge in [-0.1, -0.05) is 41.5 Å². The van der Waals surface area contributed by atoms with Crippen molar-refractivity contribution < 1.29 is 24.2 Å². The minimum Gasteiger partial charge on any atom is -0.463 e. The number of anilines is 2. The Morgan fingerprint density at radius 2 is 1.24 bits per heavy atom. The third-order valence-electron chi connectivity index (χ3n) is 4.85. The predicted octanol–water partition coefficient (Wildman–Crippen LogP) is 3.24. The fourth-order valence-electron chi connectivity index (χ4n) is 2.80. The van der Waals surface area contributed by atoms with E-state index < -0.39 is 22.4 Å². The van der Waals surface area contributed by atoms with Crippen LogP contribution in [0.2, 0.25) is 0 Å². The minimum atomic E-state index is -2.42. The van der Waals surface area contributed by atoms with Crippen LogP contribution in [0.4, 0.5) is 11.4 Å². The van der Waals surface area contributed by atoms with Gasteiger partial charge in [-0.05, 0) is 19.1 Å². The smallest absolute Gasteiger partial charge is 0.347 e. The van der Waals surface area contributed by atoms with Crippen LogP contribution in [0.15, 0.2) is 36.9 Å². The molecule has 0 saturated carbocycles. The molecule has 0 aromatic carbocycles. The molecule has 0 saturated heterocycles. The van der Waals surface area contributed by atoms with E-state index in [9.17, 15) is 19.5 Å². The molecule has 0 radical (unpaired) electrons. The van der Waals surface area contributed by atoms with Crippen LogP contribution in [-0.2, 0) is 24.7 Å². The Hall–Kier alpha value is -3.33. The fourth-order valence-corrected chi connectivity index (χ4v) is 2.80. The van der Waals surface area contributed by atoms with Gasteiger partial charge in [0.15, 0.2) is 0 Å². The molecule has 0 unspecified atom stereocenters. The summed E-state index contributed by atoms with van der Waals surface area (Å²) in [5.74, 6) is -1.65. The van der Waals surface area contributed by atoms with Crippen LogP contribution < -0.4 is 10.6 Å². The third kappa shape index (κ3) is 5.73. The zero-order valence-corrected chi connectivity index (χ0v) is 20.1. The topological polar surface area (TPSA) is 131 Å². The SMILES string of the molecule is CCOC(=O)C(O)(c1cnccc1NC(=O)C(C)(C)C)c1cnccc1NC(=O)C(C)(C)C. The molecule has 2 rings (SSSR count). The first-order chi connectivity index (χ1) is 15.2. The van der Waals surface area contributed by atoms with Crippen LogP contribution in [-0.4, -0.2) is 39.5 Å². The molecule has 2 aromatic heterocycles. The van der Waals surface area contributed by atoms with Gasteiger partial charge in [0.2, 0.25) is 17.4 Å². The van der Waals surface area contributed by atoms with Gasteiger partial charge in [0.05, 0.1) is 18.0 Å². The number of rotatable bonds is 6. The van der Waals surface area contributed by atoms with E-state index in [1.165, 1.54) is 36.9 Å². The van der Waals surface area contributed by atoms with Gasteiger partial charge in [0.25, 0.3) is 0 Å². The molecule has 0 spiro atoms. The minimum absolute atomic E-state index is 0.00493. The summed E-state index contributed by atoms with van der Waals surface area (Å²) < 4.78 is 5.20. The molecular formula is C24H32N4O5. The first kappa shape index (κ1) is 25.9. The molecule has 178 valence electrons. The number of aliphatic hydroxyl groups is 1. The van der Waals surface area contributed by atoms with E-state index in [1.807, 2.05) is 0 Å². The average molecular weight is 457 g/mol. The van der Waals surface area contributed by atoms with Crippen molar-refractivity contribution in [2.24, 2.45) is 10.8 Å². The first-order valence-electron chi connectivity index (χ1n) is 10.6. The van der Waals surface area contributed by atoms with Crippen molar-refractivity contribution in [3.63, 3.8) is 0 Å². The number of ether oxygens (including phenoxy) is 1. The van der Waals surface area contributed by atoms with Crippen molar-refractivity contribution in [3.8, 4) is 0 Å². The van der Waals surface area contributed by atoms with E-state index in [0.29, 0.717) is 0 Å². The van der Waals surface area contributed by atoms with Crippen molar-refractivity contribution in [2.45, 2.75) is 54.1 Å². The van der Waals surface area contributed by atoms with Gasteiger partial charge >= 0.3 is 5.97 Å². The number of esters is 1. The molecule has 9 nitrogen and oxygen atoms in total. The lowest BCUT2D eigenvalue weighted by Crippen LogP contribution is -2.41. The highest BCUT2D eigenvalue weighted by Gasteiger charge is 2.46. The quantitative estimate of drug-likeness (QED) is 0.569. The number of hydrogen-bond acceptors (Lipinski definition) is 7. The molecule has 0 atom stereocenters. The number of carbonyl (C=O) groups is 3. The van der Waals surface area contributed by atoms with Crippen molar-refractivity contribution in [3.05, 3.63) is 48.0 Å². The fraction of sp³-hybridized carbons (Fsp3) is 0.458. The maximum Gasteiger partial charge on any atom is 0.347 e. The standard InChI is InChI=1S/C24H32N4O5/c1-8-33-21(31)24(32,15-13-25-11-9-17(15)27-19(29)22(2,3)4)16-14-26-12-10-18(16)28-20(30)23(5,6)7/h9-14,32H,8H2,1-7H3,(H,25,27,29)(H,26,28,30). The van der Waals surface area contributed by atoms with Gasteiger partial charge in [-0.3, -0.25) is 19.6 Å². The molecule has 2 aromatic rings. The van der Waals surface area contributed by atoms with Crippen LogP contribution in [0.5, 0.6) is 0 Å². The maximum absolute atomic E-state index is 13.2. The predicted molar refractivity (Wildman–Crippen MR) is 124 cm³/mol. The Balaban J connectivity index is 2.73. The molecule has 33 heavy (non-hydrogen) atoms. The highest BCUT2D eigenvalue weighted by molar-refractivity contribution is 5.99. The summed E-state index contributed by atoms with van der Waals surface area (Å²) in [6.45, 7) is 12.0.